The summed E-state index contributed by atoms with van der Waals surface area (Å²) in [5.41, 5.74) is 0.845. The summed E-state index contributed by atoms with van der Waals surface area (Å²) in [6.07, 6.45) is -6.99. The number of carbonyl (C=O) groups excluding carboxylic acids is 2. The highest BCUT2D eigenvalue weighted by Gasteiger charge is 2.55. The number of aliphatic hydroxyl groups is 1. The minimum Gasteiger partial charge on any atom is -0.464 e. The monoisotopic (exact) mass is 1060 g/mol. The lowest BCUT2D eigenvalue weighted by atomic mass is 10.0. The van der Waals surface area contributed by atoms with Crippen LogP contribution in [0.4, 0.5) is 10.2 Å². The molecule has 2 aliphatic heterocycles. The number of rotatable bonds is 24. The molecule has 10 atom stereocenters. The number of phosphoric acid groups is 1. The van der Waals surface area contributed by atoms with E-state index in [9.17, 15) is 29.8 Å². The van der Waals surface area contributed by atoms with Gasteiger partial charge in [-0.3, -0.25) is 27.5 Å². The number of aromatic nitrogens is 5. The number of imidazole rings is 1. The highest BCUT2D eigenvalue weighted by Crippen LogP contribution is 2.58. The Morgan fingerprint density at radius 3 is 2.37 bits per heavy atom. The standard InChI is InChI=1S/C44H55FN8O14P2SSi/c1-8-20-59-68(57,60-21-12-17-46)65-36-32(64-42(33(36)45)53-27-51-34-39(49-26-50-40(34)53)52-41(55)28-14-10-9-11-15-28)25-62-69(70,61-22-13-18-47)66-37-31(24-54)63-35(38(37)67-71(6,7)44(2,3)4)29-16-19-48-30(23-29)43(56)58-5/h8-11,14-16,19,23,26-27,31-33,35-38,42,54H,1,12-13,20-22,24-25H2,2-7H3,(H,49,50,52,55)/t31-,32-,33-,35+,36-,37-,38?,42-,68?,69?/m1/s1. The molecule has 1 aromatic carbocycles. The second-order valence-corrected chi connectivity index (χ2v) is 26.7. The number of alkyl halides is 1. The van der Waals surface area contributed by atoms with E-state index in [1.807, 2.05) is 46.0 Å². The number of nitriles is 2. The van der Waals surface area contributed by atoms with Gasteiger partial charge in [-0.15, -0.1) is 6.58 Å². The van der Waals surface area contributed by atoms with Crippen molar-refractivity contribution in [3.05, 3.63) is 90.8 Å². The Balaban J connectivity index is 1.36. The second-order valence-electron chi connectivity index (χ2n) is 17.4. The minimum absolute atomic E-state index is 0.00672. The number of halogens is 1. The molecule has 2 saturated heterocycles. The van der Waals surface area contributed by atoms with Gasteiger partial charge in [-0.2, -0.15) is 10.5 Å². The molecule has 0 saturated carbocycles. The van der Waals surface area contributed by atoms with Crippen molar-refractivity contribution in [2.45, 2.75) is 101 Å². The number of amides is 1. The number of nitrogens with one attached hydrogen (secondary N) is 1. The lowest BCUT2D eigenvalue weighted by Gasteiger charge is -2.41. The highest BCUT2D eigenvalue weighted by atomic mass is 32.5. The van der Waals surface area contributed by atoms with Gasteiger partial charge >= 0.3 is 20.5 Å². The lowest BCUT2D eigenvalue weighted by Crippen LogP contribution is -2.49. The molecule has 3 unspecified atom stereocenters. The van der Waals surface area contributed by atoms with E-state index in [0.29, 0.717) is 11.1 Å². The van der Waals surface area contributed by atoms with Crippen LogP contribution in [0.5, 0.6) is 0 Å². The van der Waals surface area contributed by atoms with Gasteiger partial charge in [0.25, 0.3) is 5.91 Å². The van der Waals surface area contributed by atoms with Crippen LogP contribution in [-0.2, 0) is 62.2 Å². The first kappa shape index (κ1) is 55.5. The van der Waals surface area contributed by atoms with Gasteiger partial charge in [0.05, 0.1) is 71.5 Å². The quantitative estimate of drug-likeness (QED) is 0.0231. The summed E-state index contributed by atoms with van der Waals surface area (Å²) < 4.78 is 92.9. The lowest BCUT2D eigenvalue weighted by molar-refractivity contribution is -0.0516. The summed E-state index contributed by atoms with van der Waals surface area (Å²) in [4.78, 5) is 42.6. The van der Waals surface area contributed by atoms with Crippen LogP contribution >= 0.6 is 14.5 Å². The van der Waals surface area contributed by atoms with Crippen LogP contribution in [0.1, 0.15) is 72.4 Å². The van der Waals surface area contributed by atoms with Crippen molar-refractivity contribution in [1.29, 1.82) is 10.5 Å². The first-order valence-corrected chi connectivity index (χ1v) is 29.1. The molecule has 2 N–H and O–H groups in total. The molecule has 3 aromatic heterocycles. The topological polar surface area (TPSA) is 280 Å². The number of hydrogen-bond acceptors (Lipinski definition) is 21. The molecule has 5 heterocycles. The minimum atomic E-state index is -4.71. The number of methoxy groups -OCH3 is 1. The van der Waals surface area contributed by atoms with Crippen LogP contribution in [0.3, 0.4) is 0 Å². The molecule has 27 heteroatoms. The summed E-state index contributed by atoms with van der Waals surface area (Å²) >= 11 is 6.02. The summed E-state index contributed by atoms with van der Waals surface area (Å²) in [6, 6.07) is 15.3. The van der Waals surface area contributed by atoms with Gasteiger partial charge < -0.3 is 38.1 Å². The zero-order valence-corrected chi connectivity index (χ0v) is 43.3. The molecule has 0 radical (unpaired) electrons. The molecule has 22 nitrogen and oxygen atoms in total. The summed E-state index contributed by atoms with van der Waals surface area (Å²) in [6.45, 7) is 7.08. The molecule has 2 aliphatic rings. The maximum atomic E-state index is 17.3. The molecular formula is C44H55FN8O14P2SSi. The third kappa shape index (κ3) is 13.4. The van der Waals surface area contributed by atoms with E-state index in [0.717, 1.165) is 6.33 Å². The normalized spacial score (nSPS) is 24.1. The van der Waals surface area contributed by atoms with Crippen molar-refractivity contribution in [2.24, 2.45) is 0 Å². The van der Waals surface area contributed by atoms with Crippen molar-refractivity contribution in [1.82, 2.24) is 24.5 Å². The number of esters is 1. The predicted octanol–water partition coefficient (Wildman–Crippen LogP) is 7.20. The fourth-order valence-electron chi connectivity index (χ4n) is 7.04. The fraction of sp³-hybridized carbons (Fsp3) is 0.500. The number of ether oxygens (including phenoxy) is 3. The Morgan fingerprint density at radius 2 is 1.70 bits per heavy atom. The van der Waals surface area contributed by atoms with Crippen LogP contribution < -0.4 is 5.32 Å². The molecule has 6 rings (SSSR count). The Bertz CT molecular complexity index is 2690. The van der Waals surface area contributed by atoms with Crippen molar-refractivity contribution in [2.75, 3.05) is 45.5 Å². The van der Waals surface area contributed by atoms with E-state index in [4.69, 9.17) is 57.6 Å². The summed E-state index contributed by atoms with van der Waals surface area (Å²) in [5.74, 6) is -1.20. The van der Waals surface area contributed by atoms with Crippen molar-refractivity contribution >= 4 is 63.5 Å². The third-order valence-corrected chi connectivity index (χ3v) is 19.9. The SMILES string of the molecule is C=CCOP(=O)(OCCC#N)O[C@H]1[C@@H](F)[C@H](n2cnc3c(NC(=O)c4ccccc4)ncnc32)O[C@@H]1COP(=S)(OCCC#N)O[C@H]1C(O[Si](C)(C)C(C)(C)C)[C@H](c2ccnc(C(=O)OC)c2)O[C@@H]1CO. The van der Waals surface area contributed by atoms with Gasteiger partial charge in [-0.05, 0) is 59.8 Å². The van der Waals surface area contributed by atoms with Gasteiger partial charge in [-0.1, -0.05) is 45.0 Å². The molecule has 4 aromatic rings. The average Bonchev–Trinajstić information content (AvgIpc) is 4.02. The molecule has 1 amide bonds. The van der Waals surface area contributed by atoms with Gasteiger partial charge in [0.15, 0.2) is 37.7 Å². The maximum Gasteiger partial charge on any atom is 0.475 e. The smallest absolute Gasteiger partial charge is 0.464 e. The van der Waals surface area contributed by atoms with Crippen molar-refractivity contribution in [3.63, 3.8) is 0 Å². The Morgan fingerprint density at radius 1 is 0.986 bits per heavy atom. The van der Waals surface area contributed by atoms with Crippen molar-refractivity contribution < 1.29 is 69.4 Å². The van der Waals surface area contributed by atoms with E-state index in [-0.39, 0.29) is 53.8 Å². The second kappa shape index (κ2) is 24.3. The van der Waals surface area contributed by atoms with Crippen LogP contribution in [-0.4, -0.2) is 127 Å². The number of carbonyl (C=O) groups is 2. The van der Waals surface area contributed by atoms with Crippen LogP contribution in [0.2, 0.25) is 18.1 Å². The number of anilines is 1. The van der Waals surface area contributed by atoms with Crippen molar-refractivity contribution in [3.8, 4) is 12.1 Å². The largest absolute Gasteiger partial charge is 0.475 e. The number of benzene rings is 1. The Hall–Kier alpha value is -4.79. The van der Waals surface area contributed by atoms with Gasteiger partial charge in [0, 0.05) is 11.8 Å². The number of phosphoric ester groups is 1. The Kier molecular flexibility index (Phi) is 19.0. The molecule has 0 spiro atoms. The van der Waals surface area contributed by atoms with E-state index < -0.39 is 104 Å². The van der Waals surface area contributed by atoms with E-state index in [1.165, 1.54) is 36.3 Å². The first-order valence-electron chi connectivity index (χ1n) is 22.1. The van der Waals surface area contributed by atoms with E-state index >= 15 is 4.39 Å². The fourth-order valence-corrected chi connectivity index (χ4v) is 11.8. The van der Waals surface area contributed by atoms with E-state index in [2.05, 4.69) is 31.8 Å². The molecule has 2 fully saturated rings. The third-order valence-electron chi connectivity index (χ3n) is 11.6. The van der Waals surface area contributed by atoms with Gasteiger partial charge in [0.1, 0.15) is 48.6 Å². The zero-order valence-electron chi connectivity index (χ0n) is 39.7. The zero-order chi connectivity index (χ0) is 51.6. The van der Waals surface area contributed by atoms with Crippen LogP contribution in [0.25, 0.3) is 11.2 Å². The number of pyridine rings is 1. The first-order chi connectivity index (χ1) is 33.8. The molecule has 71 heavy (non-hydrogen) atoms. The molecule has 0 aliphatic carbocycles. The van der Waals surface area contributed by atoms with E-state index in [1.54, 1.807) is 36.4 Å². The van der Waals surface area contributed by atoms with Crippen LogP contribution in [0.15, 0.2) is 74.0 Å². The predicted molar refractivity (Wildman–Crippen MR) is 257 cm³/mol. The summed E-state index contributed by atoms with van der Waals surface area (Å²) in [5, 5.41) is 31.8. The maximum absolute atomic E-state index is 17.3. The summed E-state index contributed by atoms with van der Waals surface area (Å²) in [7, 11) is -6.24. The Labute approximate surface area is 415 Å². The number of aliphatic hydroxyl groups excluding tert-OH is 1. The van der Waals surface area contributed by atoms with Crippen LogP contribution in [0, 0.1) is 22.7 Å². The molecule has 382 valence electrons. The molecule has 0 bridgehead atoms. The number of nitrogens with zero attached hydrogens (tertiary/aromatic N) is 7. The molecular weight excluding hydrogens is 1010 g/mol. The average molecular weight is 1060 g/mol. The number of hydrogen-bond donors (Lipinski definition) is 2. The highest BCUT2D eigenvalue weighted by molar-refractivity contribution is 8.07. The van der Waals surface area contributed by atoms with Gasteiger partial charge in [0.2, 0.25) is 0 Å². The number of fused-ring (bicyclic) bond motifs is 1. The van der Waals surface area contributed by atoms with Gasteiger partial charge in [-0.25, -0.2) is 33.7 Å².